The average molecular weight is 556 g/mol. The van der Waals surface area contributed by atoms with Crippen molar-refractivity contribution in [1.29, 1.82) is 0 Å². The second-order valence-electron chi connectivity index (χ2n) is 11.0. The van der Waals surface area contributed by atoms with Crippen molar-refractivity contribution in [1.82, 2.24) is 4.98 Å². The second-order valence-corrected chi connectivity index (χ2v) is 11.0. The Morgan fingerprint density at radius 2 is 1.80 bits per heavy atom. The molecule has 6 rings (SSSR count). The van der Waals surface area contributed by atoms with Gasteiger partial charge in [-0.1, -0.05) is 38.1 Å². The van der Waals surface area contributed by atoms with Crippen LogP contribution in [0.15, 0.2) is 79.2 Å². The molecule has 0 aromatic carbocycles. The third kappa shape index (κ3) is 4.57. The largest absolute Gasteiger partial charge is 2.00 e. The van der Waals surface area contributed by atoms with E-state index in [1.54, 1.807) is 0 Å². The monoisotopic (exact) mass is 555 g/mol. The fourth-order valence-electron chi connectivity index (χ4n) is 6.54. The number of nitrogens with zero attached hydrogens (tertiary/aromatic N) is 4. The fraction of sp³-hybridized carbons (Fsp3) is 0.333. The van der Waals surface area contributed by atoms with Crippen LogP contribution < -0.4 is 25.8 Å². The molecule has 1 aromatic heterocycles. The molecule has 8 bridgehead atoms. The molecule has 0 radical (unpaired) electrons. The number of hydrogen-bond acceptors (Lipinski definition) is 6. The van der Waals surface area contributed by atoms with Gasteiger partial charge in [-0.3, -0.25) is 4.99 Å². The van der Waals surface area contributed by atoms with Gasteiger partial charge in [-0.2, -0.15) is 0 Å². The van der Waals surface area contributed by atoms with Gasteiger partial charge in [0.25, 0.3) is 0 Å². The first-order valence-electron chi connectivity index (χ1n) is 13.8. The van der Waals surface area contributed by atoms with Crippen molar-refractivity contribution in [3.05, 3.63) is 86.0 Å². The van der Waals surface area contributed by atoms with Gasteiger partial charge in [0, 0.05) is 34.8 Å². The summed E-state index contributed by atoms with van der Waals surface area (Å²) in [5, 5.41) is 26.1. The quantitative estimate of drug-likeness (QED) is 0.518. The van der Waals surface area contributed by atoms with Crippen molar-refractivity contribution in [2.75, 3.05) is 0 Å². The Hall–Kier alpha value is -3.49. The first-order chi connectivity index (χ1) is 19.1. The van der Waals surface area contributed by atoms with Gasteiger partial charge in [0.2, 0.25) is 0 Å². The molecule has 0 fully saturated rings. The summed E-state index contributed by atoms with van der Waals surface area (Å²) in [6.45, 7) is 14.3. The Bertz CT molecular complexity index is 1800. The molecule has 0 spiro atoms. The Kier molecular flexibility index (Phi) is 7.59. The molecule has 41 heavy (non-hydrogen) atoms. The van der Waals surface area contributed by atoms with Gasteiger partial charge in [0.05, 0.1) is 22.8 Å². The number of carboxylic acid groups (broad SMARTS) is 1. The molecule has 4 aliphatic heterocycles. The van der Waals surface area contributed by atoms with Crippen molar-refractivity contribution >= 4 is 63.6 Å². The van der Waals surface area contributed by atoms with E-state index in [1.165, 1.54) is 0 Å². The molecule has 5 heterocycles. The fourth-order valence-corrected chi connectivity index (χ4v) is 6.54. The molecule has 1 aromatic rings. The van der Waals surface area contributed by atoms with Crippen molar-refractivity contribution in [2.45, 2.75) is 60.3 Å². The summed E-state index contributed by atoms with van der Waals surface area (Å²) < 4.78 is 0. The first kappa shape index (κ1) is 29.0. The summed E-state index contributed by atoms with van der Waals surface area (Å²) in [4.78, 5) is 31.5. The smallest absolute Gasteiger partial charge is 0.875 e. The Morgan fingerprint density at radius 1 is 1.10 bits per heavy atom. The zero-order valence-electron chi connectivity index (χ0n) is 24.2. The summed E-state index contributed by atoms with van der Waals surface area (Å²) in [5.74, 6) is -1.32. The van der Waals surface area contributed by atoms with Crippen LogP contribution >= 0.6 is 0 Å². The number of aromatic nitrogens is 1. The normalized spacial score (nSPS) is 22.8. The Balaban J connectivity index is 0.00000337. The molecule has 1 aliphatic carbocycles. The van der Waals surface area contributed by atoms with Crippen LogP contribution in [0.5, 0.6) is 0 Å². The number of rotatable bonds is 5. The average Bonchev–Trinajstić information content (AvgIpc) is 3.65. The molecule has 0 amide bonds. The minimum atomic E-state index is -1.09. The van der Waals surface area contributed by atoms with E-state index in [1.807, 2.05) is 38.2 Å². The van der Waals surface area contributed by atoms with E-state index in [0.717, 1.165) is 79.8 Å². The molecule has 0 N–H and O–H groups in total. The van der Waals surface area contributed by atoms with Crippen LogP contribution in [0, 0.1) is 18.8 Å². The zero-order valence-corrected chi connectivity index (χ0v) is 25.6. The van der Waals surface area contributed by atoms with Gasteiger partial charge in [-0.15, -0.1) is 16.8 Å². The van der Waals surface area contributed by atoms with Crippen LogP contribution in [-0.4, -0.2) is 46.2 Å². The van der Waals surface area contributed by atoms with Gasteiger partial charge >= 0.3 is 23.1 Å². The standard InChI is InChI=1S/C33H34N4O3.Mg/c1-7-19-15(3)23-12-25-17(5)21(9-10-30(39)40)32(36-25)22-11-29(38)31-18(6)26(37-33(22)31)14-28-20(8-2)16(4)24(35-28)13-27(19)34-23;/h7,12-14,17,21H,1,8-11H2,2-6H3,(H3,34,35,36,37,38,39,40);/q;+2/p-3/t17-,21-;/m0./s1. The molecular formula is C33H31MgN4O3-. The summed E-state index contributed by atoms with van der Waals surface area (Å²) >= 11 is 0. The SMILES string of the molecule is C=CC1=C(C)C2=NC1=CC1=NC(=Cc3[n-]c4c(c3C)=C([O-])CC=4C3=NC(=C2)[C@@H](C)[C@@H]3CCC(=O)[O-])C(CC)=C1C.[Mg+2]. The number of fused-ring (bicyclic) bond motifs is 5. The zero-order chi connectivity index (χ0) is 28.5. The molecule has 0 saturated carbocycles. The van der Waals surface area contributed by atoms with Gasteiger partial charge in [-0.25, -0.2) is 9.98 Å². The van der Waals surface area contributed by atoms with E-state index in [-0.39, 0.29) is 53.5 Å². The first-order valence-corrected chi connectivity index (χ1v) is 13.8. The van der Waals surface area contributed by atoms with Crippen LogP contribution in [0.25, 0.3) is 17.4 Å². The summed E-state index contributed by atoms with van der Waals surface area (Å²) in [6.07, 6.45) is 9.12. The number of carboxylic acids is 1. The van der Waals surface area contributed by atoms with Crippen LogP contribution in [0.4, 0.5) is 0 Å². The van der Waals surface area contributed by atoms with Crippen molar-refractivity contribution in [3.63, 3.8) is 0 Å². The number of carbonyl (C=O) groups is 1. The van der Waals surface area contributed by atoms with E-state index in [4.69, 9.17) is 20.0 Å². The molecule has 5 aliphatic rings. The minimum Gasteiger partial charge on any atom is -0.875 e. The number of aliphatic carboxylic acids is 1. The van der Waals surface area contributed by atoms with E-state index >= 15 is 0 Å². The molecular weight excluding hydrogens is 525 g/mol. The topological polar surface area (TPSA) is 114 Å². The molecule has 7 nitrogen and oxygen atoms in total. The van der Waals surface area contributed by atoms with E-state index in [0.29, 0.717) is 17.0 Å². The molecule has 2 atom stereocenters. The molecule has 0 saturated heterocycles. The number of allylic oxidation sites excluding steroid dienone is 7. The van der Waals surface area contributed by atoms with E-state index in [2.05, 4.69) is 27.4 Å². The van der Waals surface area contributed by atoms with Crippen LogP contribution in [0.1, 0.15) is 64.6 Å². The van der Waals surface area contributed by atoms with Gasteiger partial charge in [-0.05, 0) is 86.1 Å². The summed E-state index contributed by atoms with van der Waals surface area (Å²) in [6, 6.07) is 0. The van der Waals surface area contributed by atoms with E-state index < -0.39 is 5.97 Å². The van der Waals surface area contributed by atoms with Crippen LogP contribution in [-0.2, 0) is 4.79 Å². The maximum absolute atomic E-state index is 13.3. The molecule has 0 unspecified atom stereocenters. The van der Waals surface area contributed by atoms with Crippen LogP contribution in [0.3, 0.4) is 0 Å². The third-order valence-electron chi connectivity index (χ3n) is 8.85. The molecule has 8 heteroatoms. The Labute approximate surface area is 255 Å². The minimum absolute atomic E-state index is 0. The van der Waals surface area contributed by atoms with Crippen LogP contribution in [0.2, 0.25) is 0 Å². The van der Waals surface area contributed by atoms with Gasteiger partial charge < -0.3 is 20.0 Å². The Morgan fingerprint density at radius 3 is 2.49 bits per heavy atom. The van der Waals surface area contributed by atoms with Crippen molar-refractivity contribution in [2.24, 2.45) is 26.8 Å². The number of hydrogen-bond donors (Lipinski definition) is 0. The number of carbonyl (C=O) groups excluding carboxylic acids is 1. The predicted octanol–water partition coefficient (Wildman–Crippen LogP) is 2.09. The number of aliphatic imine (C=N–C) groups is 3. The van der Waals surface area contributed by atoms with E-state index in [9.17, 15) is 15.0 Å². The second kappa shape index (κ2) is 10.7. The van der Waals surface area contributed by atoms with Gasteiger partial charge in [0.15, 0.2) is 0 Å². The summed E-state index contributed by atoms with van der Waals surface area (Å²) in [5.41, 5.74) is 11.4. The van der Waals surface area contributed by atoms with Gasteiger partial charge in [0.1, 0.15) is 0 Å². The maximum Gasteiger partial charge on any atom is 2.00 e. The van der Waals surface area contributed by atoms with Crippen molar-refractivity contribution < 1.29 is 15.0 Å². The van der Waals surface area contributed by atoms with Crippen molar-refractivity contribution in [3.8, 4) is 0 Å². The molecule has 204 valence electrons. The third-order valence-corrected chi connectivity index (χ3v) is 8.85. The maximum atomic E-state index is 13.3. The summed E-state index contributed by atoms with van der Waals surface area (Å²) in [7, 11) is 0. The predicted molar refractivity (Wildman–Crippen MR) is 160 cm³/mol.